The normalized spacial score (nSPS) is 36.2. The fourth-order valence-corrected chi connectivity index (χ4v) is 6.25. The summed E-state index contributed by atoms with van der Waals surface area (Å²) in [5.41, 5.74) is 0. The molecule has 4 rings (SSSR count). The highest BCUT2D eigenvalue weighted by Crippen LogP contribution is 2.46. The van der Waals surface area contributed by atoms with Gasteiger partial charge in [-0.05, 0) is 62.9 Å². The number of carbonyl (C=O) groups is 1. The topological polar surface area (TPSA) is 44.7 Å². The van der Waals surface area contributed by atoms with Crippen molar-refractivity contribution in [2.75, 3.05) is 19.6 Å². The van der Waals surface area contributed by atoms with E-state index in [0.29, 0.717) is 12.0 Å². The number of nitrogens with one attached hydrogen (secondary N) is 1. The fourth-order valence-electron chi connectivity index (χ4n) is 5.02. The zero-order chi connectivity index (χ0) is 16.0. The number of amidine groups is 1. The van der Waals surface area contributed by atoms with Crippen molar-refractivity contribution in [3.63, 3.8) is 0 Å². The summed E-state index contributed by atoms with van der Waals surface area (Å²) in [6.45, 7) is 7.74. The number of hydrogen-bond acceptors (Lipinski definition) is 4. The van der Waals surface area contributed by atoms with Crippen molar-refractivity contribution in [3.8, 4) is 0 Å². The molecular formula is C18H29N3OS. The molecular weight excluding hydrogens is 306 g/mol. The molecule has 128 valence electrons. The molecule has 1 N–H and O–H groups in total. The summed E-state index contributed by atoms with van der Waals surface area (Å²) in [6, 6.07) is 0.573. The van der Waals surface area contributed by atoms with E-state index in [0.717, 1.165) is 49.5 Å². The maximum absolute atomic E-state index is 12.6. The third-order valence-electron chi connectivity index (χ3n) is 6.22. The molecule has 4 aliphatic rings. The summed E-state index contributed by atoms with van der Waals surface area (Å²) < 4.78 is -0.257. The monoisotopic (exact) mass is 335 g/mol. The average molecular weight is 336 g/mol. The van der Waals surface area contributed by atoms with Crippen LogP contribution in [-0.2, 0) is 4.79 Å². The SMILES string of the molecule is CC(C)CN1CCC2(CC1)SC(NC1CC3CCC1C3)=NC2=O. The molecule has 5 heteroatoms. The highest BCUT2D eigenvalue weighted by Gasteiger charge is 2.48. The minimum Gasteiger partial charge on any atom is -0.361 e. The Morgan fingerprint density at radius 2 is 2.09 bits per heavy atom. The molecule has 1 spiro atoms. The first-order chi connectivity index (χ1) is 11.0. The Balaban J connectivity index is 1.34. The van der Waals surface area contributed by atoms with Gasteiger partial charge in [0.05, 0.1) is 0 Å². The predicted octanol–water partition coefficient (Wildman–Crippen LogP) is 2.88. The summed E-state index contributed by atoms with van der Waals surface area (Å²) >= 11 is 1.74. The van der Waals surface area contributed by atoms with Gasteiger partial charge in [-0.1, -0.05) is 32.0 Å². The Morgan fingerprint density at radius 3 is 2.70 bits per heavy atom. The van der Waals surface area contributed by atoms with Crippen LogP contribution in [0.4, 0.5) is 0 Å². The summed E-state index contributed by atoms with van der Waals surface area (Å²) in [4.78, 5) is 19.5. The highest BCUT2D eigenvalue weighted by atomic mass is 32.2. The standard InChI is InChI=1S/C18H29N3OS/c1-12(2)11-21-7-5-18(6-8-21)16(22)20-17(23-18)19-15-10-13-3-4-14(15)9-13/h12-15H,3-11H2,1-2H3,(H,19,20,22). The smallest absolute Gasteiger partial charge is 0.264 e. The van der Waals surface area contributed by atoms with E-state index in [9.17, 15) is 4.79 Å². The van der Waals surface area contributed by atoms with Crippen LogP contribution in [0.1, 0.15) is 52.4 Å². The van der Waals surface area contributed by atoms with E-state index in [4.69, 9.17) is 0 Å². The van der Waals surface area contributed by atoms with Gasteiger partial charge in [-0.2, -0.15) is 4.99 Å². The Bertz CT molecular complexity index is 510. The number of fused-ring (bicyclic) bond motifs is 2. The van der Waals surface area contributed by atoms with Crippen LogP contribution in [0, 0.1) is 17.8 Å². The van der Waals surface area contributed by atoms with E-state index in [1.165, 1.54) is 25.7 Å². The van der Waals surface area contributed by atoms with Crippen LogP contribution in [0.3, 0.4) is 0 Å². The van der Waals surface area contributed by atoms with Crippen LogP contribution < -0.4 is 5.32 Å². The lowest BCUT2D eigenvalue weighted by atomic mass is 9.94. The number of piperidine rings is 1. The lowest BCUT2D eigenvalue weighted by molar-refractivity contribution is -0.120. The van der Waals surface area contributed by atoms with Crippen molar-refractivity contribution in [2.24, 2.45) is 22.7 Å². The van der Waals surface area contributed by atoms with Gasteiger partial charge < -0.3 is 10.2 Å². The van der Waals surface area contributed by atoms with Crippen LogP contribution in [0.5, 0.6) is 0 Å². The van der Waals surface area contributed by atoms with Crippen LogP contribution in [-0.4, -0.2) is 46.4 Å². The number of nitrogens with zero attached hydrogens (tertiary/aromatic N) is 2. The second-order valence-electron chi connectivity index (χ2n) is 8.44. The summed E-state index contributed by atoms with van der Waals surface area (Å²) in [5.74, 6) is 2.57. The molecule has 2 bridgehead atoms. The number of hydrogen-bond donors (Lipinski definition) is 1. The molecule has 23 heavy (non-hydrogen) atoms. The van der Waals surface area contributed by atoms with Gasteiger partial charge in [0.2, 0.25) is 0 Å². The maximum atomic E-state index is 12.6. The zero-order valence-corrected chi connectivity index (χ0v) is 15.2. The van der Waals surface area contributed by atoms with E-state index in [1.807, 2.05) is 0 Å². The fraction of sp³-hybridized carbons (Fsp3) is 0.889. The van der Waals surface area contributed by atoms with Gasteiger partial charge in [0, 0.05) is 12.6 Å². The van der Waals surface area contributed by atoms with E-state index in [-0.39, 0.29) is 10.7 Å². The Morgan fingerprint density at radius 1 is 1.30 bits per heavy atom. The lowest BCUT2D eigenvalue weighted by Gasteiger charge is -2.37. The number of thioether (sulfide) groups is 1. The van der Waals surface area contributed by atoms with Gasteiger partial charge in [-0.3, -0.25) is 4.79 Å². The van der Waals surface area contributed by atoms with Gasteiger partial charge in [0.15, 0.2) is 5.17 Å². The molecule has 2 heterocycles. The van der Waals surface area contributed by atoms with Gasteiger partial charge >= 0.3 is 0 Å². The van der Waals surface area contributed by atoms with Crippen LogP contribution in [0.25, 0.3) is 0 Å². The molecule has 0 aromatic rings. The molecule has 2 saturated carbocycles. The first-order valence-corrected chi connectivity index (χ1v) is 10.2. The molecule has 3 atom stereocenters. The van der Waals surface area contributed by atoms with Crippen LogP contribution >= 0.6 is 11.8 Å². The Kier molecular flexibility index (Phi) is 4.21. The molecule has 1 amide bonds. The average Bonchev–Trinajstić information content (AvgIpc) is 3.17. The van der Waals surface area contributed by atoms with Gasteiger partial charge in [-0.25, -0.2) is 0 Å². The number of likely N-dealkylation sites (tertiary alicyclic amines) is 1. The molecule has 0 radical (unpaired) electrons. The number of amides is 1. The van der Waals surface area contributed by atoms with Crippen LogP contribution in [0.2, 0.25) is 0 Å². The molecule has 4 nitrogen and oxygen atoms in total. The predicted molar refractivity (Wildman–Crippen MR) is 95.6 cm³/mol. The minimum atomic E-state index is -0.257. The van der Waals surface area contributed by atoms with Gasteiger partial charge in [0.1, 0.15) is 4.75 Å². The maximum Gasteiger partial charge on any atom is 0.264 e. The van der Waals surface area contributed by atoms with E-state index >= 15 is 0 Å². The molecule has 0 aromatic heterocycles. The van der Waals surface area contributed by atoms with Crippen molar-refractivity contribution in [1.82, 2.24) is 10.2 Å². The quantitative estimate of drug-likeness (QED) is 0.861. The van der Waals surface area contributed by atoms with Crippen molar-refractivity contribution in [1.29, 1.82) is 0 Å². The molecule has 3 unspecified atom stereocenters. The summed E-state index contributed by atoms with van der Waals surface area (Å²) in [5, 5.41) is 4.55. The van der Waals surface area contributed by atoms with Crippen molar-refractivity contribution >= 4 is 22.8 Å². The Hall–Kier alpha value is -0.550. The second-order valence-corrected chi connectivity index (χ2v) is 9.81. The van der Waals surface area contributed by atoms with Crippen molar-refractivity contribution in [3.05, 3.63) is 0 Å². The lowest BCUT2D eigenvalue weighted by Crippen LogP contribution is -2.46. The third-order valence-corrected chi connectivity index (χ3v) is 7.60. The van der Waals surface area contributed by atoms with Crippen molar-refractivity contribution in [2.45, 2.75) is 63.2 Å². The third kappa shape index (κ3) is 3.07. The number of carbonyl (C=O) groups excluding carboxylic acids is 1. The number of aliphatic imine (C=N–C) groups is 1. The molecule has 1 saturated heterocycles. The zero-order valence-electron chi connectivity index (χ0n) is 14.4. The first-order valence-electron chi connectivity index (χ1n) is 9.35. The molecule has 0 aromatic carbocycles. The van der Waals surface area contributed by atoms with Gasteiger partial charge in [-0.15, -0.1) is 0 Å². The largest absolute Gasteiger partial charge is 0.361 e. The molecule has 3 fully saturated rings. The van der Waals surface area contributed by atoms with Crippen LogP contribution in [0.15, 0.2) is 4.99 Å². The first kappa shape index (κ1) is 15.9. The summed E-state index contributed by atoms with van der Waals surface area (Å²) in [7, 11) is 0. The van der Waals surface area contributed by atoms with E-state index in [1.54, 1.807) is 11.8 Å². The van der Waals surface area contributed by atoms with Gasteiger partial charge in [0.25, 0.3) is 5.91 Å². The highest BCUT2D eigenvalue weighted by molar-refractivity contribution is 8.16. The minimum absolute atomic E-state index is 0.123. The molecule has 2 aliphatic carbocycles. The van der Waals surface area contributed by atoms with E-state index < -0.39 is 0 Å². The number of rotatable bonds is 3. The second kappa shape index (κ2) is 6.07. The van der Waals surface area contributed by atoms with E-state index in [2.05, 4.69) is 29.1 Å². The summed E-state index contributed by atoms with van der Waals surface area (Å²) in [6.07, 6.45) is 7.36. The Labute approximate surface area is 143 Å². The molecule has 2 aliphatic heterocycles. The van der Waals surface area contributed by atoms with Crippen molar-refractivity contribution < 1.29 is 4.79 Å².